The van der Waals surface area contributed by atoms with Gasteiger partial charge < -0.3 is 9.64 Å². The molecule has 0 radical (unpaired) electrons. The van der Waals surface area contributed by atoms with E-state index in [1.807, 2.05) is 0 Å². The van der Waals surface area contributed by atoms with Gasteiger partial charge in [0.15, 0.2) is 0 Å². The molecule has 2 amide bonds. The van der Waals surface area contributed by atoms with E-state index in [9.17, 15) is 13.2 Å². The number of carbonyl (C=O) groups is 1. The number of benzene rings is 1. The monoisotopic (exact) mass is 338 g/mol. The molecule has 23 heavy (non-hydrogen) atoms. The summed E-state index contributed by atoms with van der Waals surface area (Å²) >= 11 is 0. The lowest BCUT2D eigenvalue weighted by Gasteiger charge is -2.26. The highest BCUT2D eigenvalue weighted by molar-refractivity contribution is 7.93. The molecule has 1 saturated heterocycles. The van der Waals surface area contributed by atoms with Crippen molar-refractivity contribution in [2.24, 2.45) is 0 Å². The minimum Gasteiger partial charge on any atom is -0.497 e. The smallest absolute Gasteiger partial charge is 0.331 e. The van der Waals surface area contributed by atoms with E-state index in [1.165, 1.54) is 4.90 Å². The van der Waals surface area contributed by atoms with Crippen LogP contribution in [-0.2, 0) is 10.0 Å². The van der Waals surface area contributed by atoms with Crippen LogP contribution in [0.2, 0.25) is 0 Å². The van der Waals surface area contributed by atoms with Gasteiger partial charge in [0.25, 0.3) is 10.0 Å². The van der Waals surface area contributed by atoms with Crippen molar-refractivity contribution in [2.75, 3.05) is 20.2 Å². The maximum Gasteiger partial charge on any atom is 0.331 e. The molecule has 1 heterocycles. The van der Waals surface area contributed by atoms with E-state index in [-0.39, 0.29) is 0 Å². The molecule has 7 heteroatoms. The van der Waals surface area contributed by atoms with Gasteiger partial charge >= 0.3 is 6.03 Å². The topological polar surface area (TPSA) is 75.7 Å². The van der Waals surface area contributed by atoms with Crippen LogP contribution in [0.15, 0.2) is 29.7 Å². The summed E-state index contributed by atoms with van der Waals surface area (Å²) in [6.45, 7) is 2.89. The Morgan fingerprint density at radius 3 is 2.35 bits per heavy atom. The predicted octanol–water partition coefficient (Wildman–Crippen LogP) is 2.58. The fourth-order valence-corrected chi connectivity index (χ4v) is 3.50. The molecule has 2 rings (SSSR count). The van der Waals surface area contributed by atoms with E-state index >= 15 is 0 Å². The van der Waals surface area contributed by atoms with E-state index in [1.54, 1.807) is 38.3 Å². The number of carbonyl (C=O) groups excluding carboxylic acids is 1. The second-order valence-electron chi connectivity index (χ2n) is 5.53. The largest absolute Gasteiger partial charge is 0.497 e. The number of ether oxygens (including phenoxy) is 1. The highest BCUT2D eigenvalue weighted by Crippen LogP contribution is 2.19. The number of hydrogen-bond donors (Lipinski definition) is 1. The Morgan fingerprint density at radius 2 is 1.78 bits per heavy atom. The maximum atomic E-state index is 12.1. The Balaban J connectivity index is 2.07. The van der Waals surface area contributed by atoms with Crippen LogP contribution in [0.4, 0.5) is 4.79 Å². The minimum atomic E-state index is -3.83. The fraction of sp³-hybridized carbons (Fsp3) is 0.438. The molecule has 1 aromatic carbocycles. The zero-order valence-corrected chi connectivity index (χ0v) is 14.2. The number of sulfonamides is 1. The van der Waals surface area contributed by atoms with Crippen LogP contribution < -0.4 is 9.46 Å². The lowest BCUT2D eigenvalue weighted by Crippen LogP contribution is -2.44. The zero-order valence-electron chi connectivity index (χ0n) is 13.4. The predicted molar refractivity (Wildman–Crippen MR) is 89.5 cm³/mol. The highest BCUT2D eigenvalue weighted by Gasteiger charge is 2.20. The molecule has 1 N–H and O–H groups in total. The number of urea groups is 1. The molecule has 0 aromatic heterocycles. The molecule has 1 aromatic rings. The minimum absolute atomic E-state index is 0.548. The van der Waals surface area contributed by atoms with Crippen molar-refractivity contribution < 1.29 is 17.9 Å². The van der Waals surface area contributed by atoms with Crippen LogP contribution >= 0.6 is 0 Å². The third-order valence-corrected chi connectivity index (χ3v) is 4.87. The van der Waals surface area contributed by atoms with Crippen molar-refractivity contribution in [2.45, 2.75) is 26.2 Å². The summed E-state index contributed by atoms with van der Waals surface area (Å²) in [5, 5.41) is 1.08. The Bertz CT molecular complexity index is 675. The standard InChI is InChI=1S/C16H22N2O4S/c1-13(14-6-8-15(22-2)9-7-14)12-23(20,21)17-16(19)18-10-4-3-5-11-18/h6-9,12H,3-5,10-11H2,1-2H3,(H,17,19). The van der Waals surface area contributed by atoms with E-state index in [0.717, 1.165) is 30.2 Å². The highest BCUT2D eigenvalue weighted by atomic mass is 32.2. The van der Waals surface area contributed by atoms with Crippen molar-refractivity contribution in [3.8, 4) is 5.75 Å². The summed E-state index contributed by atoms with van der Waals surface area (Å²) in [6.07, 6.45) is 2.90. The van der Waals surface area contributed by atoms with E-state index in [2.05, 4.69) is 4.72 Å². The molecule has 0 saturated carbocycles. The van der Waals surface area contributed by atoms with Gasteiger partial charge in [0, 0.05) is 13.1 Å². The number of piperidine rings is 1. The molecule has 1 aliphatic heterocycles. The molecule has 0 spiro atoms. The normalized spacial score (nSPS) is 16.1. The number of methoxy groups -OCH3 is 1. The fourth-order valence-electron chi connectivity index (χ4n) is 2.47. The van der Waals surface area contributed by atoms with E-state index < -0.39 is 16.1 Å². The lowest BCUT2D eigenvalue weighted by molar-refractivity contribution is 0.192. The van der Waals surface area contributed by atoms with Crippen molar-refractivity contribution in [1.82, 2.24) is 9.62 Å². The van der Waals surface area contributed by atoms with E-state index in [4.69, 9.17) is 4.74 Å². The van der Waals surface area contributed by atoms with Crippen molar-refractivity contribution >= 4 is 21.6 Å². The molecular weight excluding hydrogens is 316 g/mol. The first-order valence-electron chi connectivity index (χ1n) is 7.56. The van der Waals surface area contributed by atoms with Crippen LogP contribution in [0.5, 0.6) is 5.75 Å². The molecule has 6 nitrogen and oxygen atoms in total. The Kier molecular flexibility index (Phi) is 5.65. The third-order valence-electron chi connectivity index (χ3n) is 3.75. The molecule has 1 aliphatic rings. The number of likely N-dealkylation sites (tertiary alicyclic amines) is 1. The van der Waals surface area contributed by atoms with Crippen LogP contribution in [0.1, 0.15) is 31.7 Å². The number of hydrogen-bond acceptors (Lipinski definition) is 4. The van der Waals surface area contributed by atoms with Gasteiger partial charge in [0.1, 0.15) is 5.75 Å². The van der Waals surface area contributed by atoms with Gasteiger partial charge in [0.2, 0.25) is 0 Å². The summed E-state index contributed by atoms with van der Waals surface area (Å²) in [5.41, 5.74) is 1.30. The average molecular weight is 338 g/mol. The van der Waals surface area contributed by atoms with E-state index in [0.29, 0.717) is 24.4 Å². The number of nitrogens with one attached hydrogen (secondary N) is 1. The summed E-state index contributed by atoms with van der Waals surface area (Å²) in [6, 6.07) is 6.50. The summed E-state index contributed by atoms with van der Waals surface area (Å²) in [5.74, 6) is 0.697. The van der Waals surface area contributed by atoms with Crippen LogP contribution in [0, 0.1) is 0 Å². The first-order valence-corrected chi connectivity index (χ1v) is 9.10. The second-order valence-corrected chi connectivity index (χ2v) is 7.06. The molecule has 0 unspecified atom stereocenters. The van der Waals surface area contributed by atoms with Gasteiger partial charge in [-0.15, -0.1) is 0 Å². The lowest BCUT2D eigenvalue weighted by atomic mass is 10.1. The molecular formula is C16H22N2O4S. The molecule has 0 bridgehead atoms. The summed E-state index contributed by atoms with van der Waals surface area (Å²) < 4.78 is 31.4. The van der Waals surface area contributed by atoms with Crippen molar-refractivity contribution in [1.29, 1.82) is 0 Å². The van der Waals surface area contributed by atoms with Crippen molar-refractivity contribution in [3.05, 3.63) is 35.2 Å². The third kappa shape index (κ3) is 4.99. The zero-order chi connectivity index (χ0) is 16.9. The SMILES string of the molecule is COc1ccc(C(C)=CS(=O)(=O)NC(=O)N2CCCCC2)cc1. The second kappa shape index (κ2) is 7.50. The molecule has 0 atom stereocenters. The Morgan fingerprint density at radius 1 is 1.17 bits per heavy atom. The summed E-state index contributed by atoms with van der Waals surface area (Å²) in [4.78, 5) is 13.5. The van der Waals surface area contributed by atoms with Gasteiger partial charge in [-0.25, -0.2) is 17.9 Å². The van der Waals surface area contributed by atoms with Gasteiger partial charge in [-0.1, -0.05) is 12.1 Å². The van der Waals surface area contributed by atoms with Gasteiger partial charge in [-0.05, 0) is 49.5 Å². The number of allylic oxidation sites excluding steroid dienone is 1. The molecule has 1 fully saturated rings. The molecule has 126 valence electrons. The number of nitrogens with zero attached hydrogens (tertiary/aromatic N) is 1. The first kappa shape index (κ1) is 17.3. The Hall–Kier alpha value is -2.02. The van der Waals surface area contributed by atoms with Crippen LogP contribution in [0.25, 0.3) is 5.57 Å². The van der Waals surface area contributed by atoms with Gasteiger partial charge in [-0.2, -0.15) is 0 Å². The quantitative estimate of drug-likeness (QED) is 0.915. The average Bonchev–Trinajstić information content (AvgIpc) is 2.54. The number of rotatable bonds is 4. The van der Waals surface area contributed by atoms with Gasteiger partial charge in [-0.3, -0.25) is 0 Å². The molecule has 0 aliphatic carbocycles. The van der Waals surface area contributed by atoms with Crippen LogP contribution in [0.3, 0.4) is 0 Å². The summed E-state index contributed by atoms with van der Waals surface area (Å²) in [7, 11) is -2.26. The number of amides is 2. The maximum absolute atomic E-state index is 12.1. The Labute approximate surface area is 137 Å². The van der Waals surface area contributed by atoms with Crippen molar-refractivity contribution in [3.63, 3.8) is 0 Å². The first-order chi connectivity index (χ1) is 10.9. The van der Waals surface area contributed by atoms with Crippen LogP contribution in [-0.4, -0.2) is 39.5 Å². The van der Waals surface area contributed by atoms with Gasteiger partial charge in [0.05, 0.1) is 12.5 Å².